The minimum atomic E-state index is -0.410. The summed E-state index contributed by atoms with van der Waals surface area (Å²) in [6.45, 7) is 1.27. The van der Waals surface area contributed by atoms with Crippen molar-refractivity contribution in [1.82, 2.24) is 10.2 Å². The van der Waals surface area contributed by atoms with E-state index in [0.29, 0.717) is 18.9 Å². The van der Waals surface area contributed by atoms with Crippen molar-refractivity contribution in [2.75, 3.05) is 13.1 Å². The van der Waals surface area contributed by atoms with Crippen molar-refractivity contribution in [1.29, 1.82) is 0 Å². The van der Waals surface area contributed by atoms with Crippen molar-refractivity contribution in [2.24, 2.45) is 5.92 Å². The molecule has 4 heteroatoms. The van der Waals surface area contributed by atoms with Crippen LogP contribution in [0.4, 0.5) is 0 Å². The molecular weight excluding hydrogens is 348 g/mol. The molecule has 0 bridgehead atoms. The average Bonchev–Trinajstić information content (AvgIpc) is 3.25. The van der Waals surface area contributed by atoms with E-state index >= 15 is 0 Å². The van der Waals surface area contributed by atoms with E-state index < -0.39 is 5.41 Å². The van der Waals surface area contributed by atoms with Gasteiger partial charge in [0.05, 0.1) is 5.41 Å². The Balaban J connectivity index is 1.36. The van der Waals surface area contributed by atoms with Gasteiger partial charge in [-0.2, -0.15) is 0 Å². The number of nitrogens with zero attached hydrogens (tertiary/aromatic N) is 1. The summed E-state index contributed by atoms with van der Waals surface area (Å²) in [4.78, 5) is 27.9. The number of allylic oxidation sites excluding steroid dienone is 2. The van der Waals surface area contributed by atoms with E-state index in [2.05, 4.69) is 23.5 Å². The second-order valence-electron chi connectivity index (χ2n) is 8.61. The van der Waals surface area contributed by atoms with Crippen molar-refractivity contribution in [2.45, 2.75) is 69.6 Å². The first kappa shape index (κ1) is 19.2. The highest BCUT2D eigenvalue weighted by Gasteiger charge is 2.42. The molecule has 1 aromatic rings. The molecule has 1 saturated heterocycles. The maximum atomic E-state index is 13.1. The fourth-order valence-corrected chi connectivity index (χ4v) is 5.41. The van der Waals surface area contributed by atoms with E-state index in [1.54, 1.807) is 0 Å². The normalized spacial score (nSPS) is 23.6. The first-order valence-electron chi connectivity index (χ1n) is 11.0. The van der Waals surface area contributed by atoms with Crippen LogP contribution in [0, 0.1) is 5.92 Å². The lowest BCUT2D eigenvalue weighted by Gasteiger charge is -2.38. The summed E-state index contributed by atoms with van der Waals surface area (Å²) in [5.74, 6) is 0.830. The van der Waals surface area contributed by atoms with E-state index in [0.717, 1.165) is 50.6 Å². The third-order valence-electron chi connectivity index (χ3n) is 6.92. The Hall–Kier alpha value is -2.10. The van der Waals surface area contributed by atoms with Crippen molar-refractivity contribution in [3.8, 4) is 0 Å². The number of hydrogen-bond acceptors (Lipinski definition) is 2. The van der Waals surface area contributed by atoms with Crippen LogP contribution >= 0.6 is 0 Å². The zero-order chi connectivity index (χ0) is 19.4. The number of piperidine rings is 1. The number of benzene rings is 1. The first-order chi connectivity index (χ1) is 13.7. The second-order valence-corrected chi connectivity index (χ2v) is 8.61. The van der Waals surface area contributed by atoms with Gasteiger partial charge in [0.25, 0.3) is 0 Å². The molecule has 1 unspecified atom stereocenters. The molecule has 1 N–H and O–H groups in total. The molecule has 1 saturated carbocycles. The lowest BCUT2D eigenvalue weighted by atomic mass is 9.78. The quantitative estimate of drug-likeness (QED) is 0.827. The molecule has 2 aliphatic carbocycles. The van der Waals surface area contributed by atoms with Crippen LogP contribution in [0.2, 0.25) is 0 Å². The highest BCUT2D eigenvalue weighted by molar-refractivity contribution is 5.89. The van der Waals surface area contributed by atoms with Crippen LogP contribution in [0.25, 0.3) is 0 Å². The molecule has 2 amide bonds. The summed E-state index contributed by atoms with van der Waals surface area (Å²) in [6, 6.07) is 10.2. The molecule has 4 nitrogen and oxygen atoms in total. The maximum absolute atomic E-state index is 13.1. The van der Waals surface area contributed by atoms with Gasteiger partial charge in [0.15, 0.2) is 0 Å². The molecule has 1 aromatic carbocycles. The van der Waals surface area contributed by atoms with E-state index in [-0.39, 0.29) is 11.8 Å². The van der Waals surface area contributed by atoms with Crippen molar-refractivity contribution in [3.05, 3.63) is 47.7 Å². The van der Waals surface area contributed by atoms with Crippen LogP contribution < -0.4 is 5.32 Å². The van der Waals surface area contributed by atoms with Crippen LogP contribution in [-0.4, -0.2) is 29.8 Å². The topological polar surface area (TPSA) is 49.4 Å². The second kappa shape index (κ2) is 8.50. The van der Waals surface area contributed by atoms with Gasteiger partial charge in [-0.25, -0.2) is 0 Å². The van der Waals surface area contributed by atoms with Crippen LogP contribution in [0.3, 0.4) is 0 Å². The predicted octanol–water partition coefficient (Wildman–Crippen LogP) is 4.31. The molecule has 1 aliphatic heterocycles. The number of fused-ring (bicyclic) bond motifs is 1. The fourth-order valence-electron chi connectivity index (χ4n) is 5.41. The Labute approximate surface area is 168 Å². The maximum Gasteiger partial charge on any atom is 0.230 e. The van der Waals surface area contributed by atoms with Gasteiger partial charge < -0.3 is 10.2 Å². The molecule has 1 heterocycles. The van der Waals surface area contributed by atoms with Gasteiger partial charge in [-0.05, 0) is 56.4 Å². The minimum Gasteiger partial charge on any atom is -0.355 e. The third-order valence-corrected chi connectivity index (χ3v) is 6.92. The number of carbonyl (C=O) groups excluding carboxylic acids is 2. The number of likely N-dealkylation sites (tertiary alicyclic amines) is 1. The molecule has 0 spiro atoms. The average molecular weight is 381 g/mol. The van der Waals surface area contributed by atoms with Gasteiger partial charge in [-0.15, -0.1) is 0 Å². The smallest absolute Gasteiger partial charge is 0.230 e. The summed E-state index contributed by atoms with van der Waals surface area (Å²) < 4.78 is 0. The molecule has 150 valence electrons. The minimum absolute atomic E-state index is 0.0948. The van der Waals surface area contributed by atoms with Gasteiger partial charge >= 0.3 is 0 Å². The fraction of sp³-hybridized carbons (Fsp3) is 0.583. The number of rotatable bonds is 5. The van der Waals surface area contributed by atoms with E-state index in [1.807, 2.05) is 23.1 Å². The molecule has 28 heavy (non-hydrogen) atoms. The van der Waals surface area contributed by atoms with Crippen molar-refractivity contribution in [3.63, 3.8) is 0 Å². The van der Waals surface area contributed by atoms with Gasteiger partial charge in [-0.3, -0.25) is 9.59 Å². The largest absolute Gasteiger partial charge is 0.355 e. The summed E-state index contributed by atoms with van der Waals surface area (Å²) in [7, 11) is 0. The van der Waals surface area contributed by atoms with E-state index in [1.165, 1.54) is 25.0 Å². The summed E-state index contributed by atoms with van der Waals surface area (Å²) in [6.07, 6.45) is 12.5. The van der Waals surface area contributed by atoms with Crippen LogP contribution in [-0.2, 0) is 15.0 Å². The van der Waals surface area contributed by atoms with Gasteiger partial charge in [0, 0.05) is 25.2 Å². The molecular formula is C24H32N2O2. The van der Waals surface area contributed by atoms with Crippen LogP contribution in [0.5, 0.6) is 0 Å². The monoisotopic (exact) mass is 380 g/mol. The lowest BCUT2D eigenvalue weighted by molar-refractivity contribution is -0.131. The third kappa shape index (κ3) is 3.74. The van der Waals surface area contributed by atoms with E-state index in [4.69, 9.17) is 0 Å². The molecule has 0 aromatic heterocycles. The Morgan fingerprint density at radius 1 is 1.04 bits per heavy atom. The zero-order valence-electron chi connectivity index (χ0n) is 16.8. The number of amides is 2. The highest BCUT2D eigenvalue weighted by atomic mass is 16.2. The van der Waals surface area contributed by atoms with Gasteiger partial charge in [0.2, 0.25) is 11.8 Å². The number of nitrogens with one attached hydrogen (secondary N) is 1. The SMILES string of the molecule is O=C(CCNC(=O)C1(c2ccccc2)CCCC1)N1CCCC2CCCC=C21. The standard InChI is InChI=1S/C24H32N2O2/c27-22(26-18-8-10-19-9-4-5-13-21(19)26)14-17-25-23(28)24(15-6-7-16-24)20-11-2-1-3-12-20/h1-3,11-13,19H,4-10,14-18H2,(H,25,28). The van der Waals surface area contributed by atoms with Crippen molar-refractivity contribution >= 4 is 11.8 Å². The number of carbonyl (C=O) groups is 2. The zero-order valence-corrected chi connectivity index (χ0v) is 16.8. The molecule has 3 aliphatic rings. The Morgan fingerprint density at radius 3 is 2.57 bits per heavy atom. The van der Waals surface area contributed by atoms with Gasteiger partial charge in [0.1, 0.15) is 0 Å². The highest BCUT2D eigenvalue weighted by Crippen LogP contribution is 2.41. The molecule has 4 rings (SSSR count). The molecule has 0 radical (unpaired) electrons. The van der Waals surface area contributed by atoms with Crippen LogP contribution in [0.1, 0.15) is 69.8 Å². The summed E-state index contributed by atoms with van der Waals surface area (Å²) in [5, 5.41) is 3.10. The van der Waals surface area contributed by atoms with Crippen molar-refractivity contribution < 1.29 is 9.59 Å². The molecule has 1 atom stereocenters. The lowest BCUT2D eigenvalue weighted by Crippen LogP contribution is -2.44. The Kier molecular flexibility index (Phi) is 5.84. The summed E-state index contributed by atoms with van der Waals surface area (Å²) >= 11 is 0. The number of hydrogen-bond donors (Lipinski definition) is 1. The first-order valence-corrected chi connectivity index (χ1v) is 11.0. The van der Waals surface area contributed by atoms with Crippen LogP contribution in [0.15, 0.2) is 42.1 Å². The Morgan fingerprint density at radius 2 is 1.79 bits per heavy atom. The van der Waals surface area contributed by atoms with Gasteiger partial charge in [-0.1, -0.05) is 49.2 Å². The van der Waals surface area contributed by atoms with E-state index in [9.17, 15) is 9.59 Å². The predicted molar refractivity (Wildman–Crippen MR) is 111 cm³/mol. The Bertz CT molecular complexity index is 734. The summed E-state index contributed by atoms with van der Waals surface area (Å²) in [5.41, 5.74) is 1.96. The molecule has 2 fully saturated rings.